The Morgan fingerprint density at radius 1 is 1.33 bits per heavy atom. The smallest absolute Gasteiger partial charge is 0.165 e. The third-order valence-electron chi connectivity index (χ3n) is 4.41. The van der Waals surface area contributed by atoms with Crippen LogP contribution in [0.2, 0.25) is 0 Å². The van der Waals surface area contributed by atoms with E-state index in [0.717, 1.165) is 51.4 Å². The summed E-state index contributed by atoms with van der Waals surface area (Å²) in [7, 11) is 1.67. The van der Waals surface area contributed by atoms with E-state index in [1.807, 2.05) is 23.6 Å². The molecule has 124 valence electrons. The van der Waals surface area contributed by atoms with E-state index in [4.69, 9.17) is 10.5 Å². The van der Waals surface area contributed by atoms with Crippen LogP contribution in [-0.4, -0.2) is 21.6 Å². The summed E-state index contributed by atoms with van der Waals surface area (Å²) in [4.78, 5) is 9.26. The van der Waals surface area contributed by atoms with Gasteiger partial charge in [-0.25, -0.2) is 9.97 Å². The zero-order valence-electron chi connectivity index (χ0n) is 14.6. The highest BCUT2D eigenvalue weighted by molar-refractivity contribution is 5.86. The van der Waals surface area contributed by atoms with Gasteiger partial charge < -0.3 is 10.5 Å². The second-order valence-corrected chi connectivity index (χ2v) is 5.78. The van der Waals surface area contributed by atoms with Gasteiger partial charge in [-0.15, -0.1) is 0 Å². The summed E-state index contributed by atoms with van der Waals surface area (Å²) in [5, 5.41) is 0. The molecule has 0 saturated heterocycles. The van der Waals surface area contributed by atoms with Crippen LogP contribution in [0, 0.1) is 13.8 Å². The molecule has 0 fully saturated rings. The van der Waals surface area contributed by atoms with Gasteiger partial charge in [0, 0.05) is 11.1 Å². The summed E-state index contributed by atoms with van der Waals surface area (Å²) in [6.07, 6.45) is 4.20. The Kier molecular flexibility index (Phi) is 4.01. The SMILES string of the molecule is C=Cc1cnc2c(n1)c(CC)c(N)n2-c1c(C)ccc(OC)c1C. The molecule has 1 aromatic carbocycles. The third kappa shape index (κ3) is 2.24. The molecule has 0 atom stereocenters. The number of aryl methyl sites for hydroxylation is 2. The molecule has 0 bridgehead atoms. The molecule has 0 saturated carbocycles. The van der Waals surface area contributed by atoms with Crippen molar-refractivity contribution in [2.24, 2.45) is 0 Å². The minimum Gasteiger partial charge on any atom is -0.496 e. The molecular formula is C19H22N4O. The normalized spacial score (nSPS) is 11.0. The first kappa shape index (κ1) is 16.1. The van der Waals surface area contributed by atoms with E-state index < -0.39 is 0 Å². The maximum Gasteiger partial charge on any atom is 0.165 e. The maximum atomic E-state index is 6.50. The van der Waals surface area contributed by atoms with Crippen LogP contribution in [-0.2, 0) is 6.42 Å². The van der Waals surface area contributed by atoms with Gasteiger partial charge in [0.1, 0.15) is 17.1 Å². The van der Waals surface area contributed by atoms with Crippen LogP contribution in [0.25, 0.3) is 22.9 Å². The molecule has 0 aliphatic carbocycles. The van der Waals surface area contributed by atoms with E-state index in [1.54, 1.807) is 19.4 Å². The summed E-state index contributed by atoms with van der Waals surface area (Å²) < 4.78 is 7.47. The van der Waals surface area contributed by atoms with Gasteiger partial charge in [-0.1, -0.05) is 19.6 Å². The number of fused-ring (bicyclic) bond motifs is 1. The van der Waals surface area contributed by atoms with E-state index in [0.29, 0.717) is 5.82 Å². The van der Waals surface area contributed by atoms with E-state index in [9.17, 15) is 0 Å². The Morgan fingerprint density at radius 3 is 2.71 bits per heavy atom. The van der Waals surface area contributed by atoms with Gasteiger partial charge in [-0.3, -0.25) is 4.57 Å². The minimum atomic E-state index is 0.674. The van der Waals surface area contributed by atoms with Gasteiger partial charge in [0.05, 0.1) is 24.7 Å². The Bertz CT molecular complexity index is 940. The van der Waals surface area contributed by atoms with E-state index in [-0.39, 0.29) is 0 Å². The number of methoxy groups -OCH3 is 1. The van der Waals surface area contributed by atoms with Crippen LogP contribution in [0.3, 0.4) is 0 Å². The van der Waals surface area contributed by atoms with Crippen LogP contribution >= 0.6 is 0 Å². The molecule has 2 heterocycles. The number of hydrogen-bond donors (Lipinski definition) is 1. The van der Waals surface area contributed by atoms with Gasteiger partial charge in [0.15, 0.2) is 5.65 Å². The fourth-order valence-electron chi connectivity index (χ4n) is 3.19. The van der Waals surface area contributed by atoms with Crippen molar-refractivity contribution < 1.29 is 4.74 Å². The van der Waals surface area contributed by atoms with Gasteiger partial charge in [0.25, 0.3) is 0 Å². The quantitative estimate of drug-likeness (QED) is 0.792. The summed E-state index contributed by atoms with van der Waals surface area (Å²) in [6, 6.07) is 4.00. The van der Waals surface area contributed by atoms with Gasteiger partial charge in [-0.2, -0.15) is 0 Å². The Morgan fingerprint density at radius 2 is 2.08 bits per heavy atom. The second kappa shape index (κ2) is 6.00. The molecule has 0 aliphatic rings. The van der Waals surface area contributed by atoms with Crippen LogP contribution in [0.5, 0.6) is 5.75 Å². The van der Waals surface area contributed by atoms with E-state index in [2.05, 4.69) is 30.4 Å². The van der Waals surface area contributed by atoms with E-state index >= 15 is 0 Å². The molecule has 24 heavy (non-hydrogen) atoms. The molecule has 0 radical (unpaired) electrons. The predicted molar refractivity (Wildman–Crippen MR) is 98.8 cm³/mol. The predicted octanol–water partition coefficient (Wildman–Crippen LogP) is 3.83. The van der Waals surface area contributed by atoms with Crippen molar-refractivity contribution in [2.75, 3.05) is 12.8 Å². The molecule has 2 aromatic heterocycles. The highest BCUT2D eigenvalue weighted by atomic mass is 16.5. The van der Waals surface area contributed by atoms with Crippen molar-refractivity contribution in [1.82, 2.24) is 14.5 Å². The topological polar surface area (TPSA) is 66.0 Å². The molecule has 2 N–H and O–H groups in total. The van der Waals surface area contributed by atoms with Crippen molar-refractivity contribution in [3.05, 3.63) is 47.3 Å². The summed E-state index contributed by atoms with van der Waals surface area (Å²) in [6.45, 7) is 9.94. The second-order valence-electron chi connectivity index (χ2n) is 5.78. The fraction of sp³-hybridized carbons (Fsp3) is 0.263. The molecule has 0 aliphatic heterocycles. The number of anilines is 1. The first-order valence-corrected chi connectivity index (χ1v) is 7.96. The lowest BCUT2D eigenvalue weighted by Crippen LogP contribution is -2.07. The molecule has 3 rings (SSSR count). The first-order valence-electron chi connectivity index (χ1n) is 7.96. The Balaban J connectivity index is 2.44. The van der Waals surface area contributed by atoms with Gasteiger partial charge >= 0.3 is 0 Å². The number of hydrogen-bond acceptors (Lipinski definition) is 4. The summed E-state index contributed by atoms with van der Waals surface area (Å²) >= 11 is 0. The standard InChI is InChI=1S/C19H22N4O/c1-6-13-10-21-19-16(22-13)14(7-2)18(20)23(19)17-11(3)8-9-15(24-5)12(17)4/h6,8-10H,1,7,20H2,2-5H3. The van der Waals surface area contributed by atoms with Crippen LogP contribution in [0.1, 0.15) is 29.3 Å². The van der Waals surface area contributed by atoms with Gasteiger partial charge in [-0.05, 0) is 38.0 Å². The lowest BCUT2D eigenvalue weighted by atomic mass is 10.1. The number of nitrogen functional groups attached to an aromatic ring is 1. The number of benzene rings is 1. The number of nitrogens with zero attached hydrogens (tertiary/aromatic N) is 3. The highest BCUT2D eigenvalue weighted by Gasteiger charge is 2.21. The molecule has 5 nitrogen and oxygen atoms in total. The molecule has 0 amide bonds. The number of nitrogens with two attached hydrogens (primary N) is 1. The van der Waals surface area contributed by atoms with Crippen molar-refractivity contribution in [1.29, 1.82) is 0 Å². The maximum absolute atomic E-state index is 6.50. The van der Waals surface area contributed by atoms with Gasteiger partial charge in [0.2, 0.25) is 0 Å². The number of aromatic nitrogens is 3. The summed E-state index contributed by atoms with van der Waals surface area (Å²) in [5.41, 5.74) is 13.0. The van der Waals surface area contributed by atoms with Crippen molar-refractivity contribution >= 4 is 23.1 Å². The van der Waals surface area contributed by atoms with E-state index in [1.165, 1.54) is 0 Å². The molecule has 3 aromatic rings. The average molecular weight is 322 g/mol. The highest BCUT2D eigenvalue weighted by Crippen LogP contribution is 2.35. The first-order chi connectivity index (χ1) is 11.5. The zero-order chi connectivity index (χ0) is 17.4. The van der Waals surface area contributed by atoms with Crippen molar-refractivity contribution in [2.45, 2.75) is 27.2 Å². The number of rotatable bonds is 4. The summed E-state index contributed by atoms with van der Waals surface area (Å²) in [5.74, 6) is 1.50. The third-order valence-corrected chi connectivity index (χ3v) is 4.41. The lowest BCUT2D eigenvalue weighted by Gasteiger charge is -2.16. The van der Waals surface area contributed by atoms with Crippen LogP contribution in [0.4, 0.5) is 5.82 Å². The fourth-order valence-corrected chi connectivity index (χ4v) is 3.19. The largest absolute Gasteiger partial charge is 0.496 e. The molecule has 0 spiro atoms. The van der Waals surface area contributed by atoms with Crippen LogP contribution in [0.15, 0.2) is 24.9 Å². The minimum absolute atomic E-state index is 0.674. The van der Waals surface area contributed by atoms with Crippen molar-refractivity contribution in [3.63, 3.8) is 0 Å². The van der Waals surface area contributed by atoms with Crippen molar-refractivity contribution in [3.8, 4) is 11.4 Å². The average Bonchev–Trinajstić information content (AvgIpc) is 2.86. The molecule has 5 heteroatoms. The Hall–Kier alpha value is -2.82. The van der Waals surface area contributed by atoms with Crippen LogP contribution < -0.4 is 10.5 Å². The zero-order valence-corrected chi connectivity index (χ0v) is 14.6. The molecule has 0 unspecified atom stereocenters. The molecular weight excluding hydrogens is 300 g/mol. The Labute approximate surface area is 141 Å². The number of ether oxygens (including phenoxy) is 1. The lowest BCUT2D eigenvalue weighted by molar-refractivity contribution is 0.411. The monoisotopic (exact) mass is 322 g/mol.